The molecule has 0 spiro atoms. The summed E-state index contributed by atoms with van der Waals surface area (Å²) in [5, 5.41) is 4.29. The van der Waals surface area contributed by atoms with Gasteiger partial charge in [0.05, 0.1) is 30.3 Å². The third-order valence-corrected chi connectivity index (χ3v) is 5.61. The highest BCUT2D eigenvalue weighted by molar-refractivity contribution is 6.21. The van der Waals surface area contributed by atoms with Crippen molar-refractivity contribution in [3.05, 3.63) is 53.6 Å². The Bertz CT molecular complexity index is 1410. The molecule has 2 heterocycles. The zero-order valence-corrected chi connectivity index (χ0v) is 16.7. The highest BCUT2D eigenvalue weighted by atomic mass is 16.5. The van der Waals surface area contributed by atoms with Gasteiger partial charge in [-0.2, -0.15) is 0 Å². The number of esters is 1. The number of H-pyrrole nitrogens is 2. The number of fused-ring (bicyclic) bond motifs is 6. The first kappa shape index (κ1) is 17.6. The molecule has 2 N–H and O–H groups in total. The molecule has 0 saturated heterocycles. The van der Waals surface area contributed by atoms with Gasteiger partial charge in [-0.15, -0.1) is 0 Å². The van der Waals surface area contributed by atoms with E-state index in [0.717, 1.165) is 50.4 Å². The van der Waals surface area contributed by atoms with Crippen molar-refractivity contribution in [2.45, 2.75) is 20.3 Å². The molecule has 5 aromatic rings. The molecule has 5 heteroatoms. The Kier molecular flexibility index (Phi) is 3.98. The summed E-state index contributed by atoms with van der Waals surface area (Å²) in [6.07, 6.45) is 0.984. The molecular weight excluding hydrogens is 364 g/mol. The summed E-state index contributed by atoms with van der Waals surface area (Å²) in [4.78, 5) is 19.2. The fourth-order valence-electron chi connectivity index (χ4n) is 4.17. The number of nitrogens with one attached hydrogen (secondary N) is 2. The van der Waals surface area contributed by atoms with E-state index in [1.165, 1.54) is 10.9 Å². The van der Waals surface area contributed by atoms with Gasteiger partial charge < -0.3 is 19.4 Å². The van der Waals surface area contributed by atoms with Crippen LogP contribution in [-0.4, -0.2) is 29.7 Å². The van der Waals surface area contributed by atoms with E-state index in [9.17, 15) is 4.79 Å². The van der Waals surface area contributed by atoms with Gasteiger partial charge >= 0.3 is 5.97 Å². The van der Waals surface area contributed by atoms with Gasteiger partial charge in [0, 0.05) is 32.6 Å². The van der Waals surface area contributed by atoms with Crippen LogP contribution in [0, 0.1) is 0 Å². The van der Waals surface area contributed by atoms with E-state index in [1.807, 2.05) is 19.1 Å². The molecular formula is C24H22N2O3. The Labute approximate surface area is 167 Å². The largest absolute Gasteiger partial charge is 0.492 e. The van der Waals surface area contributed by atoms with Gasteiger partial charge in [0.1, 0.15) is 0 Å². The minimum absolute atomic E-state index is 0.309. The van der Waals surface area contributed by atoms with Crippen LogP contribution < -0.4 is 4.74 Å². The first-order chi connectivity index (χ1) is 14.1. The van der Waals surface area contributed by atoms with Crippen LogP contribution in [0.2, 0.25) is 0 Å². The van der Waals surface area contributed by atoms with E-state index in [-0.39, 0.29) is 5.97 Å². The first-order valence-electron chi connectivity index (χ1n) is 9.88. The van der Waals surface area contributed by atoms with Gasteiger partial charge in [0.2, 0.25) is 0 Å². The molecule has 3 aromatic carbocycles. The van der Waals surface area contributed by atoms with Crippen molar-refractivity contribution in [2.75, 3.05) is 13.7 Å². The number of aromatic amines is 2. The number of rotatable bonds is 4. The number of hydrogen-bond acceptors (Lipinski definition) is 3. The first-order valence-corrected chi connectivity index (χ1v) is 9.88. The van der Waals surface area contributed by atoms with Gasteiger partial charge in [-0.1, -0.05) is 13.0 Å². The lowest BCUT2D eigenvalue weighted by Crippen LogP contribution is -2.03. The minimum atomic E-state index is -0.309. The minimum Gasteiger partial charge on any atom is -0.492 e. The summed E-state index contributed by atoms with van der Waals surface area (Å²) in [7, 11) is 1.69. The number of carbonyl (C=O) groups is 1. The van der Waals surface area contributed by atoms with Gasteiger partial charge in [0.15, 0.2) is 5.75 Å². The predicted molar refractivity (Wildman–Crippen MR) is 117 cm³/mol. The molecule has 5 rings (SSSR count). The Morgan fingerprint density at radius 2 is 1.52 bits per heavy atom. The fourth-order valence-corrected chi connectivity index (χ4v) is 4.17. The SMILES string of the molecule is CCOC(=O)c1ccc2[nH]c3c(OC)c4[nH]c5ccc(CC)cc5c4cc3c2c1. The van der Waals surface area contributed by atoms with E-state index >= 15 is 0 Å². The van der Waals surface area contributed by atoms with Crippen LogP contribution in [0.4, 0.5) is 0 Å². The van der Waals surface area contributed by atoms with Crippen LogP contribution in [0.5, 0.6) is 5.75 Å². The third kappa shape index (κ3) is 2.58. The molecule has 29 heavy (non-hydrogen) atoms. The maximum Gasteiger partial charge on any atom is 0.338 e. The average Bonchev–Trinajstić information content (AvgIpc) is 3.29. The van der Waals surface area contributed by atoms with Crippen molar-refractivity contribution in [1.82, 2.24) is 9.97 Å². The zero-order chi connectivity index (χ0) is 20.1. The average molecular weight is 386 g/mol. The van der Waals surface area contributed by atoms with Crippen LogP contribution in [0.15, 0.2) is 42.5 Å². The number of carbonyl (C=O) groups excluding carboxylic acids is 1. The summed E-state index contributed by atoms with van der Waals surface area (Å²) in [6, 6.07) is 14.3. The Balaban J connectivity index is 1.87. The maximum absolute atomic E-state index is 12.2. The molecule has 0 aliphatic heterocycles. The molecule has 146 valence electrons. The molecule has 0 aliphatic rings. The molecule has 5 nitrogen and oxygen atoms in total. The van der Waals surface area contributed by atoms with E-state index in [1.54, 1.807) is 13.2 Å². The second-order valence-electron chi connectivity index (χ2n) is 7.22. The predicted octanol–water partition coefficient (Wildman–Crippen LogP) is 5.70. The highest BCUT2D eigenvalue weighted by Crippen LogP contribution is 2.41. The molecule has 0 atom stereocenters. The van der Waals surface area contributed by atoms with Gasteiger partial charge in [-0.05, 0) is 55.3 Å². The Hall–Kier alpha value is -3.47. The Morgan fingerprint density at radius 1 is 0.862 bits per heavy atom. The molecule has 2 aromatic heterocycles. The lowest BCUT2D eigenvalue weighted by atomic mass is 10.0. The lowest BCUT2D eigenvalue weighted by molar-refractivity contribution is 0.0526. The topological polar surface area (TPSA) is 67.1 Å². The second-order valence-corrected chi connectivity index (χ2v) is 7.22. The van der Waals surface area contributed by atoms with Gasteiger partial charge in [0.25, 0.3) is 0 Å². The number of aromatic nitrogens is 2. The van der Waals surface area contributed by atoms with Crippen molar-refractivity contribution in [3.63, 3.8) is 0 Å². The molecule has 0 radical (unpaired) electrons. The monoisotopic (exact) mass is 386 g/mol. The summed E-state index contributed by atoms with van der Waals surface area (Å²) >= 11 is 0. The molecule has 0 unspecified atom stereocenters. The molecule has 0 amide bonds. The molecule has 0 saturated carbocycles. The van der Waals surface area contributed by atoms with Crippen molar-refractivity contribution in [3.8, 4) is 5.75 Å². The van der Waals surface area contributed by atoms with Crippen LogP contribution in [0.25, 0.3) is 43.6 Å². The third-order valence-electron chi connectivity index (χ3n) is 5.61. The quantitative estimate of drug-likeness (QED) is 0.389. The zero-order valence-electron chi connectivity index (χ0n) is 16.7. The van der Waals surface area contributed by atoms with Crippen LogP contribution in [-0.2, 0) is 11.2 Å². The van der Waals surface area contributed by atoms with Gasteiger partial charge in [-0.25, -0.2) is 4.79 Å². The highest BCUT2D eigenvalue weighted by Gasteiger charge is 2.18. The van der Waals surface area contributed by atoms with E-state index in [4.69, 9.17) is 9.47 Å². The van der Waals surface area contributed by atoms with Crippen molar-refractivity contribution in [1.29, 1.82) is 0 Å². The summed E-state index contributed by atoms with van der Waals surface area (Å²) < 4.78 is 11.0. The molecule has 0 fully saturated rings. The van der Waals surface area contributed by atoms with E-state index < -0.39 is 0 Å². The smallest absolute Gasteiger partial charge is 0.338 e. The fraction of sp³-hybridized carbons (Fsp3) is 0.208. The number of methoxy groups -OCH3 is 1. The summed E-state index contributed by atoms with van der Waals surface area (Å²) in [5.74, 6) is 0.470. The second kappa shape index (κ2) is 6.55. The Morgan fingerprint density at radius 3 is 2.14 bits per heavy atom. The normalized spacial score (nSPS) is 11.7. The van der Waals surface area contributed by atoms with Crippen molar-refractivity contribution in [2.24, 2.45) is 0 Å². The maximum atomic E-state index is 12.2. The van der Waals surface area contributed by atoms with Gasteiger partial charge in [-0.3, -0.25) is 0 Å². The number of hydrogen-bond donors (Lipinski definition) is 2. The number of aryl methyl sites for hydroxylation is 1. The van der Waals surface area contributed by atoms with Crippen LogP contribution in [0.3, 0.4) is 0 Å². The standard InChI is InChI=1S/C24H22N2O3/c1-4-13-6-8-19-15(10-13)17-12-18-16-11-14(24(27)29-5-2)7-9-20(16)26-22(18)23(28-3)21(17)25-19/h6-12,25-26H,4-5H2,1-3H3. The van der Waals surface area contributed by atoms with Crippen LogP contribution >= 0.6 is 0 Å². The number of ether oxygens (including phenoxy) is 2. The van der Waals surface area contributed by atoms with E-state index in [0.29, 0.717) is 12.2 Å². The summed E-state index contributed by atoms with van der Waals surface area (Å²) in [5.41, 5.74) is 5.77. The molecule has 0 bridgehead atoms. The van der Waals surface area contributed by atoms with E-state index in [2.05, 4.69) is 41.2 Å². The van der Waals surface area contributed by atoms with Crippen molar-refractivity contribution < 1.29 is 14.3 Å². The summed E-state index contributed by atoms with van der Waals surface area (Å²) in [6.45, 7) is 4.32. The van der Waals surface area contributed by atoms with Crippen molar-refractivity contribution >= 4 is 49.6 Å². The lowest BCUT2D eigenvalue weighted by Gasteiger charge is -2.04. The molecule has 0 aliphatic carbocycles. The number of benzene rings is 3. The van der Waals surface area contributed by atoms with Crippen LogP contribution in [0.1, 0.15) is 29.8 Å².